The molecule has 6 heteroatoms. The Hall–Kier alpha value is -2.89. The molecule has 1 atom stereocenters. The first-order valence-corrected chi connectivity index (χ1v) is 8.39. The van der Waals surface area contributed by atoms with Crippen LogP contribution in [0.1, 0.15) is 35.9 Å². The van der Waals surface area contributed by atoms with E-state index in [0.29, 0.717) is 12.4 Å². The number of carbonyl (C=O) groups excluding carboxylic acids is 1. The Labute approximate surface area is 145 Å². The van der Waals surface area contributed by atoms with Crippen molar-refractivity contribution in [1.82, 2.24) is 14.8 Å². The maximum absolute atomic E-state index is 12.0. The molecule has 128 valence electrons. The van der Waals surface area contributed by atoms with Crippen LogP contribution >= 0.6 is 0 Å². The fraction of sp³-hybridized carbons (Fsp3) is 0.316. The van der Waals surface area contributed by atoms with Gasteiger partial charge in [0, 0.05) is 16.8 Å². The summed E-state index contributed by atoms with van der Waals surface area (Å²) in [5.74, 6) is 0.934. The Morgan fingerprint density at radius 2 is 2.16 bits per heavy atom. The van der Waals surface area contributed by atoms with Crippen molar-refractivity contribution in [1.29, 1.82) is 0 Å². The summed E-state index contributed by atoms with van der Waals surface area (Å²) >= 11 is 0. The van der Waals surface area contributed by atoms with Gasteiger partial charge in [0.05, 0.1) is 25.4 Å². The lowest BCUT2D eigenvalue weighted by Crippen LogP contribution is -2.20. The Balaban J connectivity index is 1.58. The summed E-state index contributed by atoms with van der Waals surface area (Å²) in [6, 6.07) is 9.87. The van der Waals surface area contributed by atoms with Crippen LogP contribution in [0.5, 0.6) is 0 Å². The molecule has 0 fully saturated rings. The molecule has 0 saturated heterocycles. The van der Waals surface area contributed by atoms with Gasteiger partial charge in [-0.05, 0) is 19.3 Å². The molecule has 1 aliphatic carbocycles. The zero-order chi connectivity index (χ0) is 17.2. The van der Waals surface area contributed by atoms with E-state index in [0.717, 1.165) is 41.8 Å². The number of esters is 1. The average Bonchev–Trinajstić information content (AvgIpc) is 3.29. The molecular weight excluding hydrogens is 318 g/mol. The fourth-order valence-corrected chi connectivity index (χ4v) is 3.39. The van der Waals surface area contributed by atoms with E-state index in [1.807, 2.05) is 35.0 Å². The predicted octanol–water partition coefficient (Wildman–Crippen LogP) is 3.18. The van der Waals surface area contributed by atoms with E-state index in [1.165, 1.54) is 7.11 Å². The zero-order valence-electron chi connectivity index (χ0n) is 14.0. The van der Waals surface area contributed by atoms with Gasteiger partial charge in [-0.25, -0.2) is 4.98 Å². The molecule has 0 unspecified atom stereocenters. The first-order valence-electron chi connectivity index (χ1n) is 8.39. The van der Waals surface area contributed by atoms with Crippen molar-refractivity contribution in [2.45, 2.75) is 31.7 Å². The van der Waals surface area contributed by atoms with Gasteiger partial charge in [0.2, 0.25) is 5.89 Å². The van der Waals surface area contributed by atoms with Crippen molar-refractivity contribution < 1.29 is 13.9 Å². The van der Waals surface area contributed by atoms with Crippen molar-refractivity contribution in [3.05, 3.63) is 59.9 Å². The molecule has 2 heterocycles. The summed E-state index contributed by atoms with van der Waals surface area (Å²) in [4.78, 5) is 16.3. The van der Waals surface area contributed by atoms with Crippen LogP contribution < -0.4 is 0 Å². The van der Waals surface area contributed by atoms with Gasteiger partial charge in [0.25, 0.3) is 0 Å². The van der Waals surface area contributed by atoms with Crippen LogP contribution in [-0.4, -0.2) is 27.8 Å². The molecular formula is C19H19N3O3. The highest BCUT2D eigenvalue weighted by molar-refractivity contribution is 5.78. The average molecular weight is 337 g/mol. The number of aromatic nitrogens is 3. The summed E-state index contributed by atoms with van der Waals surface area (Å²) in [7, 11) is 1.43. The number of oxazole rings is 1. The molecule has 2 aromatic heterocycles. The highest BCUT2D eigenvalue weighted by Crippen LogP contribution is 2.32. The van der Waals surface area contributed by atoms with Crippen LogP contribution in [0.2, 0.25) is 0 Å². The first-order chi connectivity index (χ1) is 12.3. The fourth-order valence-electron chi connectivity index (χ4n) is 3.39. The third-order valence-electron chi connectivity index (χ3n) is 4.65. The first kappa shape index (κ1) is 15.6. The van der Waals surface area contributed by atoms with Gasteiger partial charge >= 0.3 is 5.97 Å². The van der Waals surface area contributed by atoms with Crippen LogP contribution in [0.15, 0.2) is 47.1 Å². The number of ether oxygens (including phenoxy) is 1. The molecule has 0 amide bonds. The molecule has 3 aromatic rings. The summed E-state index contributed by atoms with van der Waals surface area (Å²) in [5, 5.41) is 4.45. The number of hydrogen-bond acceptors (Lipinski definition) is 5. The minimum absolute atomic E-state index is 0.192. The lowest BCUT2D eigenvalue weighted by molar-refractivity contribution is -0.142. The summed E-state index contributed by atoms with van der Waals surface area (Å²) in [5.41, 5.74) is 3.03. The number of rotatable bonds is 4. The van der Waals surface area contributed by atoms with Gasteiger partial charge in [0.1, 0.15) is 6.54 Å². The van der Waals surface area contributed by atoms with Gasteiger partial charge in [-0.1, -0.05) is 30.3 Å². The Morgan fingerprint density at radius 3 is 2.96 bits per heavy atom. The van der Waals surface area contributed by atoms with Gasteiger partial charge in [-0.2, -0.15) is 5.10 Å². The second-order valence-corrected chi connectivity index (χ2v) is 6.16. The molecule has 1 aliphatic rings. The highest BCUT2D eigenvalue weighted by Gasteiger charge is 2.30. The third kappa shape index (κ3) is 2.95. The van der Waals surface area contributed by atoms with E-state index in [2.05, 4.69) is 10.1 Å². The number of fused-ring (bicyclic) bond motifs is 1. The Bertz CT molecular complexity index is 882. The second kappa shape index (κ2) is 6.55. The summed E-state index contributed by atoms with van der Waals surface area (Å²) in [6.45, 7) is 0.454. The number of benzene rings is 1. The Kier molecular flexibility index (Phi) is 4.09. The van der Waals surface area contributed by atoms with Crippen LogP contribution in [0.3, 0.4) is 0 Å². The molecule has 0 spiro atoms. The van der Waals surface area contributed by atoms with Crippen molar-refractivity contribution in [3.8, 4) is 11.3 Å². The Morgan fingerprint density at radius 1 is 1.32 bits per heavy atom. The van der Waals surface area contributed by atoms with Gasteiger partial charge in [0.15, 0.2) is 5.76 Å². The zero-order valence-corrected chi connectivity index (χ0v) is 14.0. The van der Waals surface area contributed by atoms with Crippen molar-refractivity contribution in [2.24, 2.45) is 0 Å². The number of nitrogens with zero attached hydrogens (tertiary/aromatic N) is 3. The third-order valence-corrected chi connectivity index (χ3v) is 4.65. The SMILES string of the molecule is COC(=O)[C@H]1CCCc2c1cnn2Cc1ncc(-c2ccccc2)o1. The van der Waals surface area contributed by atoms with Gasteiger partial charge < -0.3 is 9.15 Å². The normalized spacial score (nSPS) is 16.4. The molecule has 4 rings (SSSR count). The molecule has 1 aromatic carbocycles. The molecule has 0 N–H and O–H groups in total. The predicted molar refractivity (Wildman–Crippen MR) is 91.0 cm³/mol. The standard InChI is InChI=1S/C19H19N3O3/c1-24-19(23)14-8-5-9-16-15(14)10-21-22(16)12-18-20-11-17(25-18)13-6-3-2-4-7-13/h2-4,6-7,10-11,14H,5,8-9,12H2,1H3/t14-/m0/s1. The van der Waals surface area contributed by atoms with Crippen LogP contribution in [-0.2, 0) is 22.5 Å². The molecule has 0 saturated carbocycles. The minimum atomic E-state index is -0.216. The quantitative estimate of drug-likeness (QED) is 0.684. The maximum Gasteiger partial charge on any atom is 0.313 e. The number of methoxy groups -OCH3 is 1. The molecule has 25 heavy (non-hydrogen) atoms. The van der Waals surface area contributed by atoms with Crippen LogP contribution in [0.4, 0.5) is 0 Å². The van der Waals surface area contributed by atoms with Gasteiger partial charge in [-0.15, -0.1) is 0 Å². The monoisotopic (exact) mass is 337 g/mol. The molecule has 6 nitrogen and oxygen atoms in total. The smallest absolute Gasteiger partial charge is 0.313 e. The maximum atomic E-state index is 12.0. The second-order valence-electron chi connectivity index (χ2n) is 6.16. The minimum Gasteiger partial charge on any atom is -0.469 e. The lowest BCUT2D eigenvalue weighted by Gasteiger charge is -2.20. The van der Waals surface area contributed by atoms with E-state index in [4.69, 9.17) is 9.15 Å². The highest BCUT2D eigenvalue weighted by atomic mass is 16.5. The summed E-state index contributed by atoms with van der Waals surface area (Å²) in [6.07, 6.45) is 6.16. The molecule has 0 bridgehead atoms. The van der Waals surface area contributed by atoms with E-state index in [1.54, 1.807) is 12.4 Å². The lowest BCUT2D eigenvalue weighted by atomic mass is 9.87. The number of hydrogen-bond donors (Lipinski definition) is 0. The molecule has 0 aliphatic heterocycles. The van der Waals surface area contributed by atoms with Crippen LogP contribution in [0, 0.1) is 0 Å². The van der Waals surface area contributed by atoms with E-state index in [9.17, 15) is 4.79 Å². The topological polar surface area (TPSA) is 70.2 Å². The number of carbonyl (C=O) groups is 1. The van der Waals surface area contributed by atoms with Crippen molar-refractivity contribution >= 4 is 5.97 Å². The molecule has 0 radical (unpaired) electrons. The van der Waals surface area contributed by atoms with Crippen molar-refractivity contribution in [3.63, 3.8) is 0 Å². The van der Waals surface area contributed by atoms with Crippen molar-refractivity contribution in [2.75, 3.05) is 7.11 Å². The van der Waals surface area contributed by atoms with Crippen LogP contribution in [0.25, 0.3) is 11.3 Å². The summed E-state index contributed by atoms with van der Waals surface area (Å²) < 4.78 is 12.7. The van der Waals surface area contributed by atoms with E-state index >= 15 is 0 Å². The largest absolute Gasteiger partial charge is 0.469 e. The van der Waals surface area contributed by atoms with Gasteiger partial charge in [-0.3, -0.25) is 9.48 Å². The van der Waals surface area contributed by atoms with E-state index in [-0.39, 0.29) is 11.9 Å². The van der Waals surface area contributed by atoms with E-state index < -0.39 is 0 Å².